The van der Waals surface area contributed by atoms with E-state index in [0.29, 0.717) is 12.1 Å². The Morgan fingerprint density at radius 1 is 1.16 bits per heavy atom. The van der Waals surface area contributed by atoms with Gasteiger partial charge in [-0.15, -0.1) is 0 Å². The molecule has 1 fully saturated rings. The monoisotopic (exact) mass is 255 g/mol. The van der Waals surface area contributed by atoms with Crippen LogP contribution in [0, 0.1) is 0 Å². The summed E-state index contributed by atoms with van der Waals surface area (Å²) in [6.45, 7) is 2.85. The molecule has 2 atom stereocenters. The Hall–Kier alpha value is -1.42. The Morgan fingerprint density at radius 3 is 2.79 bits per heavy atom. The third-order valence-corrected chi connectivity index (χ3v) is 3.79. The second-order valence-electron chi connectivity index (χ2n) is 5.41. The molecular formula is C16H21N3. The maximum absolute atomic E-state index is 5.88. The average Bonchev–Trinajstić information content (AvgIpc) is 2.84. The van der Waals surface area contributed by atoms with Gasteiger partial charge in [-0.25, -0.2) is 0 Å². The van der Waals surface area contributed by atoms with E-state index >= 15 is 0 Å². The van der Waals surface area contributed by atoms with Crippen LogP contribution >= 0.6 is 0 Å². The van der Waals surface area contributed by atoms with Crippen LogP contribution in [0.15, 0.2) is 42.5 Å². The van der Waals surface area contributed by atoms with Crippen LogP contribution in [0.3, 0.4) is 0 Å². The first-order valence-electron chi connectivity index (χ1n) is 6.98. The van der Waals surface area contributed by atoms with E-state index in [9.17, 15) is 0 Å². The van der Waals surface area contributed by atoms with Crippen LogP contribution in [0.5, 0.6) is 0 Å². The molecule has 1 heterocycles. The van der Waals surface area contributed by atoms with E-state index in [2.05, 4.69) is 53.1 Å². The van der Waals surface area contributed by atoms with Gasteiger partial charge in [0.1, 0.15) is 0 Å². The lowest BCUT2D eigenvalue weighted by atomic mass is 10.1. The number of nitrogens with one attached hydrogen (secondary N) is 2. The van der Waals surface area contributed by atoms with E-state index in [1.54, 1.807) is 0 Å². The van der Waals surface area contributed by atoms with E-state index in [-0.39, 0.29) is 0 Å². The van der Waals surface area contributed by atoms with E-state index in [1.807, 2.05) is 0 Å². The van der Waals surface area contributed by atoms with Gasteiger partial charge in [0.25, 0.3) is 0 Å². The largest absolute Gasteiger partial charge is 0.326 e. The Morgan fingerprint density at radius 2 is 2.00 bits per heavy atom. The highest BCUT2D eigenvalue weighted by Crippen LogP contribution is 2.15. The normalized spacial score (nSPS) is 23.0. The van der Waals surface area contributed by atoms with Crippen LogP contribution in [0.2, 0.25) is 0 Å². The van der Waals surface area contributed by atoms with Gasteiger partial charge in [0, 0.05) is 31.7 Å². The highest BCUT2D eigenvalue weighted by Gasteiger charge is 2.19. The van der Waals surface area contributed by atoms with Crippen molar-refractivity contribution in [2.45, 2.75) is 25.0 Å². The molecule has 100 valence electrons. The number of rotatable bonds is 4. The minimum Gasteiger partial charge on any atom is -0.326 e. The molecule has 3 rings (SSSR count). The molecule has 3 nitrogen and oxygen atoms in total. The summed E-state index contributed by atoms with van der Waals surface area (Å²) in [6.07, 6.45) is 1.07. The van der Waals surface area contributed by atoms with Crippen molar-refractivity contribution in [3.05, 3.63) is 48.0 Å². The maximum atomic E-state index is 5.88. The number of nitrogens with two attached hydrogens (primary N) is 1. The molecule has 19 heavy (non-hydrogen) atoms. The van der Waals surface area contributed by atoms with Crippen molar-refractivity contribution in [1.29, 1.82) is 0 Å². The van der Waals surface area contributed by atoms with Crippen LogP contribution in [-0.2, 0) is 6.54 Å². The first kappa shape index (κ1) is 12.6. The third kappa shape index (κ3) is 3.13. The number of hydrogen-bond donors (Lipinski definition) is 3. The van der Waals surface area contributed by atoms with Crippen LogP contribution in [0.25, 0.3) is 10.8 Å². The zero-order valence-corrected chi connectivity index (χ0v) is 11.1. The predicted molar refractivity (Wildman–Crippen MR) is 80.0 cm³/mol. The summed E-state index contributed by atoms with van der Waals surface area (Å²) in [6, 6.07) is 16.0. The predicted octanol–water partition coefficient (Wildman–Crippen LogP) is 1.62. The quantitative estimate of drug-likeness (QED) is 0.778. The van der Waals surface area contributed by atoms with Crippen molar-refractivity contribution >= 4 is 10.8 Å². The number of benzene rings is 2. The second kappa shape index (κ2) is 5.70. The molecule has 2 aromatic carbocycles. The van der Waals surface area contributed by atoms with Crippen molar-refractivity contribution in [2.24, 2.45) is 5.73 Å². The summed E-state index contributed by atoms with van der Waals surface area (Å²) in [4.78, 5) is 0. The molecule has 0 aromatic heterocycles. The summed E-state index contributed by atoms with van der Waals surface area (Å²) in [5, 5.41) is 9.55. The Kier molecular flexibility index (Phi) is 3.78. The minimum atomic E-state index is 0.326. The molecule has 0 saturated carbocycles. The average molecular weight is 255 g/mol. The number of hydrogen-bond acceptors (Lipinski definition) is 3. The van der Waals surface area contributed by atoms with Gasteiger partial charge in [-0.3, -0.25) is 0 Å². The van der Waals surface area contributed by atoms with Gasteiger partial charge < -0.3 is 16.4 Å². The van der Waals surface area contributed by atoms with Crippen molar-refractivity contribution in [3.8, 4) is 0 Å². The fourth-order valence-corrected chi connectivity index (χ4v) is 2.75. The van der Waals surface area contributed by atoms with Gasteiger partial charge in [0.05, 0.1) is 0 Å². The lowest BCUT2D eigenvalue weighted by Gasteiger charge is -2.12. The molecular weight excluding hydrogens is 234 g/mol. The lowest BCUT2D eigenvalue weighted by Crippen LogP contribution is -2.33. The zero-order chi connectivity index (χ0) is 13.1. The van der Waals surface area contributed by atoms with Gasteiger partial charge in [-0.05, 0) is 28.8 Å². The van der Waals surface area contributed by atoms with Gasteiger partial charge in [-0.1, -0.05) is 36.4 Å². The van der Waals surface area contributed by atoms with Gasteiger partial charge in [0.15, 0.2) is 0 Å². The van der Waals surface area contributed by atoms with Gasteiger partial charge in [0.2, 0.25) is 0 Å². The molecule has 0 bridgehead atoms. The lowest BCUT2D eigenvalue weighted by molar-refractivity contribution is 0.532. The molecule has 0 aliphatic carbocycles. The minimum absolute atomic E-state index is 0.326. The third-order valence-electron chi connectivity index (χ3n) is 3.79. The van der Waals surface area contributed by atoms with E-state index in [4.69, 9.17) is 5.73 Å². The van der Waals surface area contributed by atoms with Gasteiger partial charge in [-0.2, -0.15) is 0 Å². The van der Waals surface area contributed by atoms with Crippen LogP contribution in [-0.4, -0.2) is 25.2 Å². The van der Waals surface area contributed by atoms with Crippen molar-refractivity contribution in [3.63, 3.8) is 0 Å². The zero-order valence-electron chi connectivity index (χ0n) is 11.1. The first-order valence-corrected chi connectivity index (χ1v) is 6.98. The fourth-order valence-electron chi connectivity index (χ4n) is 2.75. The Labute approximate surface area is 114 Å². The highest BCUT2D eigenvalue weighted by atomic mass is 15.0. The molecule has 1 aliphatic heterocycles. The molecule has 4 N–H and O–H groups in total. The van der Waals surface area contributed by atoms with Crippen LogP contribution < -0.4 is 16.4 Å². The van der Waals surface area contributed by atoms with E-state index in [0.717, 1.165) is 26.1 Å². The van der Waals surface area contributed by atoms with Gasteiger partial charge >= 0.3 is 0 Å². The second-order valence-corrected chi connectivity index (χ2v) is 5.41. The summed E-state index contributed by atoms with van der Waals surface area (Å²) in [5.74, 6) is 0. The molecule has 2 aromatic rings. The molecule has 1 aliphatic rings. The van der Waals surface area contributed by atoms with Crippen molar-refractivity contribution in [2.75, 3.05) is 13.1 Å². The molecule has 1 saturated heterocycles. The molecule has 2 unspecified atom stereocenters. The molecule has 3 heteroatoms. The standard InChI is InChI=1S/C16H21N3/c17-15-8-16(19-10-15)11-18-9-12-5-6-13-3-1-2-4-14(13)7-12/h1-7,15-16,18-19H,8-11,17H2. The summed E-state index contributed by atoms with van der Waals surface area (Å²) in [5.41, 5.74) is 7.21. The van der Waals surface area contributed by atoms with Crippen molar-refractivity contribution < 1.29 is 0 Å². The maximum Gasteiger partial charge on any atom is 0.0208 e. The Balaban J connectivity index is 1.56. The van der Waals surface area contributed by atoms with Crippen molar-refractivity contribution in [1.82, 2.24) is 10.6 Å². The fraction of sp³-hybridized carbons (Fsp3) is 0.375. The first-order chi connectivity index (χ1) is 9.31. The molecule has 0 amide bonds. The van der Waals surface area contributed by atoms with Crippen LogP contribution in [0.1, 0.15) is 12.0 Å². The summed E-state index contributed by atoms with van der Waals surface area (Å²) in [7, 11) is 0. The topological polar surface area (TPSA) is 50.1 Å². The smallest absolute Gasteiger partial charge is 0.0208 e. The van der Waals surface area contributed by atoms with E-state index in [1.165, 1.54) is 16.3 Å². The molecule has 0 spiro atoms. The summed E-state index contributed by atoms with van der Waals surface area (Å²) >= 11 is 0. The number of fused-ring (bicyclic) bond motifs is 1. The van der Waals surface area contributed by atoms with Crippen LogP contribution in [0.4, 0.5) is 0 Å². The van der Waals surface area contributed by atoms with E-state index < -0.39 is 0 Å². The SMILES string of the molecule is NC1CNC(CNCc2ccc3ccccc3c2)C1. The Bertz CT molecular complexity index is 552. The highest BCUT2D eigenvalue weighted by molar-refractivity contribution is 5.82. The molecule has 0 radical (unpaired) electrons. The summed E-state index contributed by atoms with van der Waals surface area (Å²) < 4.78 is 0.